The first kappa shape index (κ1) is 22.9. The van der Waals surface area contributed by atoms with E-state index in [4.69, 9.17) is 9.40 Å². The third-order valence-corrected chi connectivity index (χ3v) is 6.28. The molecular formula is C29H33N3O. The molecule has 4 heteroatoms. The zero-order valence-corrected chi connectivity index (χ0v) is 19.8. The Kier molecular flexibility index (Phi) is 7.69. The molecule has 0 unspecified atom stereocenters. The summed E-state index contributed by atoms with van der Waals surface area (Å²) in [5.74, 6) is 2.02. The highest BCUT2D eigenvalue weighted by Gasteiger charge is 2.29. The summed E-state index contributed by atoms with van der Waals surface area (Å²) in [6, 6.07) is 27.6. The highest BCUT2D eigenvalue weighted by atomic mass is 16.3. The molecule has 2 aromatic carbocycles. The number of hydrogen-bond donors (Lipinski definition) is 0. The molecule has 2 aromatic heterocycles. The van der Waals surface area contributed by atoms with Gasteiger partial charge in [-0.15, -0.1) is 0 Å². The van der Waals surface area contributed by atoms with E-state index in [1.807, 2.05) is 19.1 Å². The Balaban J connectivity index is 1.79. The Bertz CT molecular complexity index is 1060. The largest absolute Gasteiger partial charge is 0.463 e. The van der Waals surface area contributed by atoms with Gasteiger partial charge in [-0.3, -0.25) is 4.90 Å². The van der Waals surface area contributed by atoms with Gasteiger partial charge in [0, 0.05) is 13.1 Å². The lowest BCUT2D eigenvalue weighted by Crippen LogP contribution is -2.34. The smallest absolute Gasteiger partial charge is 0.152 e. The second-order valence-corrected chi connectivity index (χ2v) is 8.60. The third-order valence-electron chi connectivity index (χ3n) is 6.28. The van der Waals surface area contributed by atoms with Gasteiger partial charge in [-0.05, 0) is 42.2 Å². The number of rotatable bonds is 10. The predicted molar refractivity (Wildman–Crippen MR) is 133 cm³/mol. The monoisotopic (exact) mass is 439 g/mol. The van der Waals surface area contributed by atoms with E-state index in [1.54, 1.807) is 6.26 Å². The minimum absolute atomic E-state index is 0.163. The van der Waals surface area contributed by atoms with E-state index in [0.29, 0.717) is 5.92 Å². The zero-order valence-electron chi connectivity index (χ0n) is 19.8. The van der Waals surface area contributed by atoms with Crippen LogP contribution in [0.1, 0.15) is 55.4 Å². The Labute approximate surface area is 197 Å². The zero-order chi connectivity index (χ0) is 23.0. The first-order valence-electron chi connectivity index (χ1n) is 11.9. The maximum atomic E-state index is 5.67. The standard InChI is InChI=1S/C29H33N3O/c1-4-25(5-2)29(27-19-26(30-22(3)31-27)28-17-12-18-33-28)32(20-23-13-8-6-9-14-23)21-24-15-10-7-11-16-24/h6-19,25,29H,4-5,20-21H2,1-3H3/t29-/m0/s1. The first-order valence-corrected chi connectivity index (χ1v) is 11.9. The molecule has 4 nitrogen and oxygen atoms in total. The highest BCUT2D eigenvalue weighted by molar-refractivity contribution is 5.52. The maximum absolute atomic E-state index is 5.67. The van der Waals surface area contributed by atoms with Crippen molar-refractivity contribution >= 4 is 0 Å². The van der Waals surface area contributed by atoms with Gasteiger partial charge in [0.05, 0.1) is 18.0 Å². The van der Waals surface area contributed by atoms with Gasteiger partial charge in [0.2, 0.25) is 0 Å². The van der Waals surface area contributed by atoms with Crippen molar-refractivity contribution in [3.63, 3.8) is 0 Å². The van der Waals surface area contributed by atoms with Crippen molar-refractivity contribution in [1.29, 1.82) is 0 Å². The fourth-order valence-corrected chi connectivity index (χ4v) is 4.64. The molecule has 0 spiro atoms. The van der Waals surface area contributed by atoms with Crippen LogP contribution >= 0.6 is 0 Å². The predicted octanol–water partition coefficient (Wildman–Crippen LogP) is 7.22. The van der Waals surface area contributed by atoms with Crippen molar-refractivity contribution in [1.82, 2.24) is 14.9 Å². The molecule has 0 aliphatic rings. The van der Waals surface area contributed by atoms with Gasteiger partial charge >= 0.3 is 0 Å². The Morgan fingerprint density at radius 1 is 0.788 bits per heavy atom. The van der Waals surface area contributed by atoms with E-state index in [9.17, 15) is 0 Å². The number of benzene rings is 2. The van der Waals surface area contributed by atoms with Crippen LogP contribution in [-0.4, -0.2) is 14.9 Å². The minimum Gasteiger partial charge on any atom is -0.463 e. The molecule has 2 heterocycles. The topological polar surface area (TPSA) is 42.2 Å². The average Bonchev–Trinajstić information content (AvgIpc) is 3.38. The van der Waals surface area contributed by atoms with Gasteiger partial charge < -0.3 is 4.42 Å². The molecule has 33 heavy (non-hydrogen) atoms. The van der Waals surface area contributed by atoms with Crippen LogP contribution in [0.4, 0.5) is 0 Å². The van der Waals surface area contributed by atoms with Crippen LogP contribution in [0.5, 0.6) is 0 Å². The summed E-state index contributed by atoms with van der Waals surface area (Å²) in [7, 11) is 0. The molecule has 0 N–H and O–H groups in total. The van der Waals surface area contributed by atoms with Crippen LogP contribution in [0, 0.1) is 12.8 Å². The summed E-state index contributed by atoms with van der Waals surface area (Å²) in [5.41, 5.74) is 4.52. The number of furan rings is 1. The van der Waals surface area contributed by atoms with Gasteiger partial charge in [-0.1, -0.05) is 87.4 Å². The van der Waals surface area contributed by atoms with Gasteiger partial charge in [-0.25, -0.2) is 9.97 Å². The Morgan fingerprint density at radius 2 is 1.39 bits per heavy atom. The lowest BCUT2D eigenvalue weighted by atomic mass is 9.89. The fraction of sp³-hybridized carbons (Fsp3) is 0.310. The van der Waals surface area contributed by atoms with Crippen LogP contribution in [0.25, 0.3) is 11.5 Å². The summed E-state index contributed by atoms with van der Waals surface area (Å²) >= 11 is 0. The second-order valence-electron chi connectivity index (χ2n) is 8.60. The van der Waals surface area contributed by atoms with E-state index < -0.39 is 0 Å². The first-order chi connectivity index (χ1) is 16.2. The SMILES string of the molecule is CCC(CC)[C@@H](c1cc(-c2ccco2)nc(C)n1)N(Cc1ccccc1)Cc1ccccc1. The third kappa shape index (κ3) is 5.77. The molecule has 4 aromatic rings. The molecule has 0 aliphatic heterocycles. The summed E-state index contributed by atoms with van der Waals surface area (Å²) in [4.78, 5) is 12.2. The van der Waals surface area contributed by atoms with Crippen LogP contribution in [0.3, 0.4) is 0 Å². The van der Waals surface area contributed by atoms with Gasteiger partial charge in [0.15, 0.2) is 5.76 Å². The van der Waals surface area contributed by atoms with Gasteiger partial charge in [0.1, 0.15) is 11.5 Å². The lowest BCUT2D eigenvalue weighted by Gasteiger charge is -2.37. The number of aromatic nitrogens is 2. The van der Waals surface area contributed by atoms with Crippen molar-refractivity contribution in [2.45, 2.75) is 52.7 Å². The van der Waals surface area contributed by atoms with Crippen LogP contribution in [0.2, 0.25) is 0 Å². The molecular weight excluding hydrogens is 406 g/mol. The molecule has 0 saturated heterocycles. The molecule has 0 fully saturated rings. The second kappa shape index (κ2) is 11.1. The van der Waals surface area contributed by atoms with E-state index in [2.05, 4.69) is 90.5 Å². The average molecular weight is 440 g/mol. The molecule has 0 amide bonds. The van der Waals surface area contributed by atoms with Gasteiger partial charge in [-0.2, -0.15) is 0 Å². The van der Waals surface area contributed by atoms with E-state index in [-0.39, 0.29) is 6.04 Å². The number of nitrogens with zero attached hydrogens (tertiary/aromatic N) is 3. The molecule has 0 radical (unpaired) electrons. The van der Waals surface area contributed by atoms with Crippen molar-refractivity contribution in [2.75, 3.05) is 0 Å². The highest BCUT2D eigenvalue weighted by Crippen LogP contribution is 2.36. The van der Waals surface area contributed by atoms with E-state index >= 15 is 0 Å². The summed E-state index contributed by atoms with van der Waals surface area (Å²) in [6.45, 7) is 8.25. The van der Waals surface area contributed by atoms with Crippen molar-refractivity contribution in [3.05, 3.63) is 108 Å². The molecule has 0 bridgehead atoms. The van der Waals surface area contributed by atoms with Crippen LogP contribution < -0.4 is 0 Å². The van der Waals surface area contributed by atoms with E-state index in [1.165, 1.54) is 11.1 Å². The van der Waals surface area contributed by atoms with Gasteiger partial charge in [0.25, 0.3) is 0 Å². The molecule has 1 atom stereocenters. The van der Waals surface area contributed by atoms with Crippen molar-refractivity contribution in [2.24, 2.45) is 5.92 Å². The Hall–Kier alpha value is -3.24. The number of aryl methyl sites for hydroxylation is 1. The molecule has 170 valence electrons. The molecule has 0 aliphatic carbocycles. The Morgan fingerprint density at radius 3 is 1.91 bits per heavy atom. The minimum atomic E-state index is 0.163. The number of hydrogen-bond acceptors (Lipinski definition) is 4. The molecule has 4 rings (SSSR count). The normalized spacial score (nSPS) is 12.4. The quantitative estimate of drug-likeness (QED) is 0.261. The molecule has 0 saturated carbocycles. The lowest BCUT2D eigenvalue weighted by molar-refractivity contribution is 0.115. The fourth-order valence-electron chi connectivity index (χ4n) is 4.64. The van der Waals surface area contributed by atoms with Crippen molar-refractivity contribution in [3.8, 4) is 11.5 Å². The summed E-state index contributed by atoms with van der Waals surface area (Å²) in [6.07, 6.45) is 3.86. The summed E-state index contributed by atoms with van der Waals surface area (Å²) < 4.78 is 5.67. The van der Waals surface area contributed by atoms with Crippen molar-refractivity contribution < 1.29 is 4.42 Å². The summed E-state index contributed by atoms with van der Waals surface area (Å²) in [5, 5.41) is 0. The van der Waals surface area contributed by atoms with Crippen LogP contribution in [-0.2, 0) is 13.1 Å². The maximum Gasteiger partial charge on any atom is 0.152 e. The van der Waals surface area contributed by atoms with E-state index in [0.717, 1.165) is 48.9 Å². The van der Waals surface area contributed by atoms with Crippen LogP contribution in [0.15, 0.2) is 89.5 Å².